The molecule has 32 heavy (non-hydrogen) atoms. The SMILES string of the molecule is CN(CCCC(=O)Nc1nn2cc(-c3ccccc3)nc2s1)S(=O)(=O)c1ccc(F)cc1. The van der Waals surface area contributed by atoms with Crippen LogP contribution in [0.15, 0.2) is 65.7 Å². The normalized spacial score (nSPS) is 11.8. The van der Waals surface area contributed by atoms with E-state index >= 15 is 0 Å². The first kappa shape index (κ1) is 22.1. The molecule has 0 spiro atoms. The zero-order chi connectivity index (χ0) is 22.7. The molecule has 11 heteroatoms. The molecule has 2 aromatic heterocycles. The van der Waals surface area contributed by atoms with Gasteiger partial charge in [-0.25, -0.2) is 26.6 Å². The summed E-state index contributed by atoms with van der Waals surface area (Å²) in [6.07, 6.45) is 2.25. The van der Waals surface area contributed by atoms with Gasteiger partial charge in [-0.1, -0.05) is 41.7 Å². The molecule has 0 aliphatic rings. The fourth-order valence-electron chi connectivity index (χ4n) is 3.05. The number of hydrogen-bond acceptors (Lipinski definition) is 6. The molecule has 0 aliphatic carbocycles. The number of carbonyl (C=O) groups excluding carboxylic acids is 1. The topological polar surface area (TPSA) is 96.7 Å². The number of nitrogens with zero attached hydrogens (tertiary/aromatic N) is 4. The third kappa shape index (κ3) is 4.85. The first-order valence-electron chi connectivity index (χ1n) is 9.76. The largest absolute Gasteiger partial charge is 0.301 e. The van der Waals surface area contributed by atoms with E-state index in [0.29, 0.717) is 16.5 Å². The van der Waals surface area contributed by atoms with Gasteiger partial charge >= 0.3 is 0 Å². The van der Waals surface area contributed by atoms with Gasteiger partial charge in [0.15, 0.2) is 0 Å². The van der Waals surface area contributed by atoms with Crippen LogP contribution in [0.4, 0.5) is 9.52 Å². The van der Waals surface area contributed by atoms with Gasteiger partial charge in [-0.2, -0.15) is 0 Å². The molecule has 4 aromatic rings. The minimum absolute atomic E-state index is 0.00635. The standard InChI is InChI=1S/C21H20FN5O3S2/c1-26(32(29,30)17-11-9-16(22)10-12-17)13-5-8-19(28)24-20-25-27-14-18(23-21(27)31-20)15-6-3-2-4-7-15/h2-4,6-7,9-12,14H,5,8,13H2,1H3,(H,24,25,28). The van der Waals surface area contributed by atoms with Crippen molar-refractivity contribution in [1.29, 1.82) is 0 Å². The van der Waals surface area contributed by atoms with Crippen LogP contribution in [0, 0.1) is 5.82 Å². The summed E-state index contributed by atoms with van der Waals surface area (Å²) in [6.45, 7) is 0.148. The second kappa shape index (κ2) is 9.15. The lowest BCUT2D eigenvalue weighted by Gasteiger charge is -2.16. The Bertz CT molecular complexity index is 1300. The predicted molar refractivity (Wildman–Crippen MR) is 120 cm³/mol. The molecular formula is C21H20FN5O3S2. The summed E-state index contributed by atoms with van der Waals surface area (Å²) in [5, 5.41) is 7.48. The smallest absolute Gasteiger partial charge is 0.242 e. The van der Waals surface area contributed by atoms with Gasteiger partial charge in [0.25, 0.3) is 0 Å². The average molecular weight is 474 g/mol. The van der Waals surface area contributed by atoms with Gasteiger partial charge in [0.2, 0.25) is 26.0 Å². The highest BCUT2D eigenvalue weighted by Gasteiger charge is 2.20. The summed E-state index contributed by atoms with van der Waals surface area (Å²) in [4.78, 5) is 17.4. The number of sulfonamides is 1. The van der Waals surface area contributed by atoms with Gasteiger partial charge in [0.1, 0.15) is 5.82 Å². The minimum atomic E-state index is -3.74. The molecule has 0 saturated heterocycles. The van der Waals surface area contributed by atoms with Crippen molar-refractivity contribution in [3.8, 4) is 11.3 Å². The van der Waals surface area contributed by atoms with Gasteiger partial charge in [0, 0.05) is 25.6 Å². The summed E-state index contributed by atoms with van der Waals surface area (Å²) in [6, 6.07) is 14.4. The van der Waals surface area contributed by atoms with Crippen LogP contribution in [-0.2, 0) is 14.8 Å². The quantitative estimate of drug-likeness (QED) is 0.422. The van der Waals surface area contributed by atoms with Crippen molar-refractivity contribution in [3.05, 3.63) is 66.6 Å². The zero-order valence-electron chi connectivity index (χ0n) is 17.1. The van der Waals surface area contributed by atoms with E-state index in [2.05, 4.69) is 15.4 Å². The molecule has 1 amide bonds. The number of fused-ring (bicyclic) bond motifs is 1. The number of hydrogen-bond donors (Lipinski definition) is 1. The average Bonchev–Trinajstić information content (AvgIpc) is 3.33. The Morgan fingerprint density at radius 2 is 1.88 bits per heavy atom. The minimum Gasteiger partial charge on any atom is -0.301 e. The van der Waals surface area contributed by atoms with Crippen LogP contribution in [0.3, 0.4) is 0 Å². The van der Waals surface area contributed by atoms with Crippen LogP contribution in [0.25, 0.3) is 16.2 Å². The van der Waals surface area contributed by atoms with Crippen molar-refractivity contribution >= 4 is 37.4 Å². The molecule has 2 aromatic carbocycles. The van der Waals surface area contributed by atoms with Gasteiger partial charge in [-0.15, -0.1) is 5.10 Å². The van der Waals surface area contributed by atoms with E-state index in [4.69, 9.17) is 0 Å². The number of rotatable bonds is 8. The lowest BCUT2D eigenvalue weighted by atomic mass is 10.2. The third-order valence-corrected chi connectivity index (χ3v) is 7.47. The van der Waals surface area contributed by atoms with Gasteiger partial charge in [-0.05, 0) is 30.7 Å². The van der Waals surface area contributed by atoms with E-state index in [9.17, 15) is 17.6 Å². The fraction of sp³-hybridized carbons (Fsp3) is 0.190. The van der Waals surface area contributed by atoms with E-state index in [-0.39, 0.29) is 23.8 Å². The first-order chi connectivity index (χ1) is 15.3. The Balaban J connectivity index is 1.30. The van der Waals surface area contributed by atoms with Crippen molar-refractivity contribution in [2.75, 3.05) is 18.9 Å². The summed E-state index contributed by atoms with van der Waals surface area (Å²) in [5.41, 5.74) is 1.78. The van der Waals surface area contributed by atoms with E-state index in [1.807, 2.05) is 30.3 Å². The monoisotopic (exact) mass is 473 g/mol. The van der Waals surface area contributed by atoms with E-state index in [1.165, 1.54) is 30.5 Å². The zero-order valence-corrected chi connectivity index (χ0v) is 18.7. The summed E-state index contributed by atoms with van der Waals surface area (Å²) >= 11 is 1.26. The number of halogens is 1. The molecule has 2 heterocycles. The van der Waals surface area contributed by atoms with Gasteiger partial charge in [-0.3, -0.25) is 4.79 Å². The highest BCUT2D eigenvalue weighted by Crippen LogP contribution is 2.24. The number of nitrogens with one attached hydrogen (secondary N) is 1. The fourth-order valence-corrected chi connectivity index (χ4v) is 5.06. The predicted octanol–water partition coefficient (Wildman–Crippen LogP) is 3.64. The number of aromatic nitrogens is 3. The Hall–Kier alpha value is -3.15. The van der Waals surface area contributed by atoms with Crippen LogP contribution in [0.1, 0.15) is 12.8 Å². The second-order valence-corrected chi connectivity index (χ2v) is 10.1. The maximum absolute atomic E-state index is 13.0. The number of carbonyl (C=O) groups is 1. The van der Waals surface area contributed by atoms with Crippen molar-refractivity contribution in [1.82, 2.24) is 18.9 Å². The lowest BCUT2D eigenvalue weighted by molar-refractivity contribution is -0.116. The number of benzene rings is 2. The maximum atomic E-state index is 13.0. The van der Waals surface area contributed by atoms with Crippen molar-refractivity contribution in [2.45, 2.75) is 17.7 Å². The number of anilines is 1. The first-order valence-corrected chi connectivity index (χ1v) is 12.0. The van der Waals surface area contributed by atoms with Crippen molar-refractivity contribution < 1.29 is 17.6 Å². The maximum Gasteiger partial charge on any atom is 0.242 e. The Morgan fingerprint density at radius 1 is 1.16 bits per heavy atom. The molecule has 0 unspecified atom stereocenters. The summed E-state index contributed by atoms with van der Waals surface area (Å²) in [5.74, 6) is -0.771. The number of imidazole rings is 1. The molecule has 0 fully saturated rings. The highest BCUT2D eigenvalue weighted by molar-refractivity contribution is 7.89. The molecule has 0 atom stereocenters. The third-order valence-electron chi connectivity index (χ3n) is 4.76. The van der Waals surface area contributed by atoms with E-state index in [0.717, 1.165) is 27.7 Å². The molecule has 0 aliphatic heterocycles. The highest BCUT2D eigenvalue weighted by atomic mass is 32.2. The molecule has 166 valence electrons. The van der Waals surface area contributed by atoms with Gasteiger partial charge in [0.05, 0.1) is 16.8 Å². The summed E-state index contributed by atoms with van der Waals surface area (Å²) in [7, 11) is -2.31. The number of amides is 1. The molecule has 4 rings (SSSR count). The second-order valence-electron chi connectivity index (χ2n) is 7.06. The van der Waals surface area contributed by atoms with E-state index < -0.39 is 15.8 Å². The Morgan fingerprint density at radius 3 is 2.56 bits per heavy atom. The van der Waals surface area contributed by atoms with Gasteiger partial charge < -0.3 is 5.32 Å². The molecule has 0 radical (unpaired) electrons. The molecule has 8 nitrogen and oxygen atoms in total. The van der Waals surface area contributed by atoms with Crippen LogP contribution >= 0.6 is 11.3 Å². The van der Waals surface area contributed by atoms with Crippen LogP contribution < -0.4 is 5.32 Å². The lowest BCUT2D eigenvalue weighted by Crippen LogP contribution is -2.28. The molecule has 1 N–H and O–H groups in total. The van der Waals surface area contributed by atoms with Crippen LogP contribution in [-0.4, -0.2) is 46.8 Å². The Kier molecular flexibility index (Phi) is 6.31. The summed E-state index contributed by atoms with van der Waals surface area (Å²) < 4.78 is 40.8. The van der Waals surface area contributed by atoms with E-state index in [1.54, 1.807) is 10.7 Å². The molecular weight excluding hydrogens is 453 g/mol. The van der Waals surface area contributed by atoms with Crippen molar-refractivity contribution in [3.63, 3.8) is 0 Å². The van der Waals surface area contributed by atoms with Crippen LogP contribution in [0.2, 0.25) is 0 Å². The molecule has 0 bridgehead atoms. The molecule has 0 saturated carbocycles. The Labute approximate surface area is 188 Å². The van der Waals surface area contributed by atoms with Crippen molar-refractivity contribution in [2.24, 2.45) is 0 Å². The van der Waals surface area contributed by atoms with Crippen LogP contribution in [0.5, 0.6) is 0 Å².